The molecule has 0 bridgehead atoms. The zero-order valence-corrected chi connectivity index (χ0v) is 12.3. The number of benzene rings is 1. The maximum Gasteiger partial charge on any atom is 0.262 e. The van der Waals surface area contributed by atoms with Crippen LogP contribution in [-0.4, -0.2) is 18.2 Å². The highest BCUT2D eigenvalue weighted by molar-refractivity contribution is 7.92. The van der Waals surface area contributed by atoms with E-state index in [0.29, 0.717) is 24.3 Å². The highest BCUT2D eigenvalue weighted by Gasteiger charge is 2.19. The van der Waals surface area contributed by atoms with Gasteiger partial charge in [0.05, 0.1) is 16.8 Å². The van der Waals surface area contributed by atoms with Gasteiger partial charge >= 0.3 is 0 Å². The molecule has 7 heteroatoms. The minimum absolute atomic E-state index is 0.212. The molecule has 1 heterocycles. The van der Waals surface area contributed by atoms with E-state index in [1.807, 2.05) is 13.8 Å². The lowest BCUT2D eigenvalue weighted by Crippen LogP contribution is -2.15. The van der Waals surface area contributed by atoms with Gasteiger partial charge in [-0.3, -0.25) is 9.40 Å². The zero-order valence-electron chi connectivity index (χ0n) is 11.5. The van der Waals surface area contributed by atoms with Gasteiger partial charge in [-0.05, 0) is 31.0 Å². The summed E-state index contributed by atoms with van der Waals surface area (Å²) in [6.07, 6.45) is 3.75. The van der Waals surface area contributed by atoms with Crippen LogP contribution >= 0.6 is 0 Å². The minimum Gasteiger partial charge on any atom is -0.399 e. The smallest absolute Gasteiger partial charge is 0.262 e. The topological polar surface area (TPSA) is 90.0 Å². The molecular formula is C13H18N4O2S. The molecule has 0 amide bonds. The number of nitrogen functional groups attached to an aromatic ring is 1. The van der Waals surface area contributed by atoms with Crippen LogP contribution < -0.4 is 10.5 Å². The number of nitrogens with one attached hydrogen (secondary N) is 1. The summed E-state index contributed by atoms with van der Waals surface area (Å²) >= 11 is 0. The molecule has 2 aromatic rings. The lowest BCUT2D eigenvalue weighted by Gasteiger charge is -2.11. The Morgan fingerprint density at radius 2 is 2.10 bits per heavy atom. The molecule has 0 saturated heterocycles. The first-order chi connectivity index (χ1) is 9.46. The molecule has 0 spiro atoms. The van der Waals surface area contributed by atoms with Crippen molar-refractivity contribution < 1.29 is 8.42 Å². The Bertz CT molecular complexity index is 707. The predicted octanol–water partition coefficient (Wildman–Crippen LogP) is 1.85. The van der Waals surface area contributed by atoms with E-state index in [0.717, 1.165) is 5.56 Å². The van der Waals surface area contributed by atoms with Gasteiger partial charge in [-0.1, -0.05) is 13.0 Å². The molecule has 0 unspecified atom stereocenters. The number of nitrogens with two attached hydrogens (primary N) is 1. The number of aryl methyl sites for hydroxylation is 2. The summed E-state index contributed by atoms with van der Waals surface area (Å²) in [6.45, 7) is 4.51. The van der Waals surface area contributed by atoms with Gasteiger partial charge in [0.1, 0.15) is 0 Å². The second-order valence-corrected chi connectivity index (χ2v) is 6.06. The molecule has 2 rings (SSSR count). The molecule has 6 nitrogen and oxygen atoms in total. The Morgan fingerprint density at radius 1 is 1.35 bits per heavy atom. The number of anilines is 2. The molecule has 1 aromatic heterocycles. The first-order valence-electron chi connectivity index (χ1n) is 6.40. The van der Waals surface area contributed by atoms with E-state index in [2.05, 4.69) is 9.82 Å². The maximum absolute atomic E-state index is 12.4. The fourth-order valence-corrected chi connectivity index (χ4v) is 3.29. The number of nitrogens with zero attached hydrogens (tertiary/aromatic N) is 2. The Labute approximate surface area is 118 Å². The van der Waals surface area contributed by atoms with Gasteiger partial charge in [-0.25, -0.2) is 8.42 Å². The zero-order chi connectivity index (χ0) is 14.8. The Hall–Kier alpha value is -2.02. The van der Waals surface area contributed by atoms with E-state index in [1.54, 1.807) is 23.0 Å². The van der Waals surface area contributed by atoms with E-state index in [1.165, 1.54) is 12.3 Å². The molecule has 3 N–H and O–H groups in total. The van der Waals surface area contributed by atoms with E-state index in [4.69, 9.17) is 5.73 Å². The Morgan fingerprint density at radius 3 is 2.70 bits per heavy atom. The van der Waals surface area contributed by atoms with Gasteiger partial charge in [-0.2, -0.15) is 5.10 Å². The van der Waals surface area contributed by atoms with Crippen LogP contribution in [-0.2, 0) is 23.0 Å². The number of hydrogen-bond acceptors (Lipinski definition) is 4. The summed E-state index contributed by atoms with van der Waals surface area (Å²) in [4.78, 5) is 0.212. The molecule has 20 heavy (non-hydrogen) atoms. The fraction of sp³-hybridized carbons (Fsp3) is 0.308. The van der Waals surface area contributed by atoms with Gasteiger partial charge in [0.25, 0.3) is 10.0 Å². The van der Waals surface area contributed by atoms with Crippen LogP contribution in [0.3, 0.4) is 0 Å². The molecule has 1 aromatic carbocycles. The van der Waals surface area contributed by atoms with Crippen molar-refractivity contribution in [2.24, 2.45) is 0 Å². The Kier molecular flexibility index (Phi) is 3.99. The predicted molar refractivity (Wildman–Crippen MR) is 78.9 cm³/mol. The molecular weight excluding hydrogens is 276 g/mol. The van der Waals surface area contributed by atoms with Crippen molar-refractivity contribution in [3.63, 3.8) is 0 Å². The fourth-order valence-electron chi connectivity index (χ4n) is 1.91. The van der Waals surface area contributed by atoms with Gasteiger partial charge < -0.3 is 5.73 Å². The normalized spacial score (nSPS) is 11.5. The van der Waals surface area contributed by atoms with Crippen LogP contribution in [0.15, 0.2) is 35.5 Å². The van der Waals surface area contributed by atoms with Gasteiger partial charge in [0, 0.05) is 18.4 Å². The lowest BCUT2D eigenvalue weighted by molar-refractivity contribution is 0.600. The monoisotopic (exact) mass is 294 g/mol. The van der Waals surface area contributed by atoms with E-state index in [-0.39, 0.29) is 4.90 Å². The third-order valence-corrected chi connectivity index (χ3v) is 4.43. The third-order valence-electron chi connectivity index (χ3n) is 2.97. The average molecular weight is 294 g/mol. The summed E-state index contributed by atoms with van der Waals surface area (Å²) in [5.74, 6) is 0. The van der Waals surface area contributed by atoms with Crippen LogP contribution in [0, 0.1) is 0 Å². The summed E-state index contributed by atoms with van der Waals surface area (Å²) in [6, 6.07) is 4.91. The first kappa shape index (κ1) is 14.4. The Balaban J connectivity index is 2.37. The van der Waals surface area contributed by atoms with Crippen LogP contribution in [0.1, 0.15) is 19.4 Å². The molecule has 0 aliphatic carbocycles. The van der Waals surface area contributed by atoms with Gasteiger partial charge in [0.15, 0.2) is 0 Å². The van der Waals surface area contributed by atoms with Crippen LogP contribution in [0.2, 0.25) is 0 Å². The second-order valence-electron chi connectivity index (χ2n) is 4.41. The molecule has 0 radical (unpaired) electrons. The van der Waals surface area contributed by atoms with Crippen molar-refractivity contribution in [3.05, 3.63) is 36.2 Å². The van der Waals surface area contributed by atoms with Crippen molar-refractivity contribution in [2.75, 3.05) is 10.5 Å². The van der Waals surface area contributed by atoms with E-state index >= 15 is 0 Å². The molecule has 0 fully saturated rings. The molecule has 108 valence electrons. The first-order valence-corrected chi connectivity index (χ1v) is 7.88. The quantitative estimate of drug-likeness (QED) is 0.823. The summed E-state index contributed by atoms with van der Waals surface area (Å²) < 4.78 is 29.0. The molecule has 0 atom stereocenters. The van der Waals surface area contributed by atoms with Crippen LogP contribution in [0.4, 0.5) is 11.4 Å². The molecule has 0 aliphatic rings. The standard InChI is InChI=1S/C13H18N4O2S/c1-3-10-5-6-11(14)7-13(10)20(18,19)16-12-8-15-17(4-2)9-12/h5-9,16H,3-4,14H2,1-2H3. The van der Waals surface area contributed by atoms with Gasteiger partial charge in [0.2, 0.25) is 0 Å². The van der Waals surface area contributed by atoms with Gasteiger partial charge in [-0.15, -0.1) is 0 Å². The van der Waals surface area contributed by atoms with Crippen molar-refractivity contribution in [2.45, 2.75) is 31.7 Å². The highest BCUT2D eigenvalue weighted by atomic mass is 32.2. The number of aromatic nitrogens is 2. The lowest BCUT2D eigenvalue weighted by atomic mass is 10.1. The molecule has 0 saturated carbocycles. The van der Waals surface area contributed by atoms with Crippen molar-refractivity contribution >= 4 is 21.4 Å². The number of sulfonamides is 1. The van der Waals surface area contributed by atoms with E-state index < -0.39 is 10.0 Å². The van der Waals surface area contributed by atoms with Crippen LogP contribution in [0.25, 0.3) is 0 Å². The maximum atomic E-state index is 12.4. The summed E-state index contributed by atoms with van der Waals surface area (Å²) in [7, 11) is -3.66. The largest absolute Gasteiger partial charge is 0.399 e. The summed E-state index contributed by atoms with van der Waals surface area (Å²) in [5.41, 5.74) is 7.28. The van der Waals surface area contributed by atoms with Crippen molar-refractivity contribution in [1.29, 1.82) is 0 Å². The number of rotatable bonds is 5. The third kappa shape index (κ3) is 2.93. The average Bonchev–Trinajstić information content (AvgIpc) is 2.85. The molecule has 0 aliphatic heterocycles. The highest BCUT2D eigenvalue weighted by Crippen LogP contribution is 2.22. The van der Waals surface area contributed by atoms with Crippen molar-refractivity contribution in [3.8, 4) is 0 Å². The second kappa shape index (κ2) is 5.54. The van der Waals surface area contributed by atoms with E-state index in [9.17, 15) is 8.42 Å². The summed E-state index contributed by atoms with van der Waals surface area (Å²) in [5, 5.41) is 4.04. The number of hydrogen-bond donors (Lipinski definition) is 2. The van der Waals surface area contributed by atoms with Crippen LogP contribution in [0.5, 0.6) is 0 Å². The minimum atomic E-state index is -3.66. The SMILES string of the molecule is CCc1ccc(N)cc1S(=O)(=O)Nc1cnn(CC)c1. The van der Waals surface area contributed by atoms with Crippen molar-refractivity contribution in [1.82, 2.24) is 9.78 Å².